The van der Waals surface area contributed by atoms with Crippen LogP contribution in [0.3, 0.4) is 0 Å². The largest absolute Gasteiger partial charge is 0.350 e. The quantitative estimate of drug-likeness (QED) is 0.851. The molecular formula is C14H18BrNO. The molecule has 2 rings (SSSR count). The standard InChI is InChI=1S/C14H18BrNO/c1-10-3-4-12(7-11(10)2)8-13(17)16-14(9-15)5-6-14/h3-4,7H,5-6,8-9H2,1-2H3,(H,16,17). The number of aryl methyl sites for hydroxylation is 2. The average molecular weight is 296 g/mol. The molecule has 0 atom stereocenters. The molecule has 1 amide bonds. The summed E-state index contributed by atoms with van der Waals surface area (Å²) in [6, 6.07) is 6.22. The second-order valence-electron chi connectivity index (χ2n) is 5.06. The molecule has 1 aliphatic carbocycles. The monoisotopic (exact) mass is 295 g/mol. The third-order valence-corrected chi connectivity index (χ3v) is 4.52. The SMILES string of the molecule is Cc1ccc(CC(=O)NC2(CBr)CC2)cc1C. The van der Waals surface area contributed by atoms with E-state index in [0.29, 0.717) is 6.42 Å². The molecule has 17 heavy (non-hydrogen) atoms. The lowest BCUT2D eigenvalue weighted by molar-refractivity contribution is -0.121. The normalized spacial score (nSPS) is 16.6. The molecule has 0 heterocycles. The van der Waals surface area contributed by atoms with E-state index < -0.39 is 0 Å². The summed E-state index contributed by atoms with van der Waals surface area (Å²) in [5.74, 6) is 0.130. The van der Waals surface area contributed by atoms with Gasteiger partial charge in [0, 0.05) is 10.9 Å². The van der Waals surface area contributed by atoms with Crippen molar-refractivity contribution in [1.29, 1.82) is 0 Å². The highest BCUT2D eigenvalue weighted by molar-refractivity contribution is 9.09. The van der Waals surface area contributed by atoms with Gasteiger partial charge in [0.2, 0.25) is 5.91 Å². The maximum Gasteiger partial charge on any atom is 0.224 e. The molecule has 1 saturated carbocycles. The van der Waals surface area contributed by atoms with Crippen LogP contribution in [-0.4, -0.2) is 16.8 Å². The van der Waals surface area contributed by atoms with Gasteiger partial charge in [-0.05, 0) is 43.4 Å². The Morgan fingerprint density at radius 1 is 1.35 bits per heavy atom. The maximum atomic E-state index is 11.9. The Bertz CT molecular complexity index is 438. The minimum atomic E-state index is 0.0524. The Hall–Kier alpha value is -0.830. The van der Waals surface area contributed by atoms with Gasteiger partial charge in [0.1, 0.15) is 0 Å². The van der Waals surface area contributed by atoms with Crippen molar-refractivity contribution < 1.29 is 4.79 Å². The number of hydrogen-bond donors (Lipinski definition) is 1. The Morgan fingerprint density at radius 2 is 2.06 bits per heavy atom. The molecule has 1 fully saturated rings. The van der Waals surface area contributed by atoms with Crippen molar-refractivity contribution in [3.63, 3.8) is 0 Å². The van der Waals surface area contributed by atoms with Crippen LogP contribution in [0.2, 0.25) is 0 Å². The third-order valence-electron chi connectivity index (χ3n) is 3.45. The summed E-state index contributed by atoms with van der Waals surface area (Å²) < 4.78 is 0. The fourth-order valence-corrected chi connectivity index (χ4v) is 2.58. The predicted molar refractivity (Wildman–Crippen MR) is 73.5 cm³/mol. The number of benzene rings is 1. The summed E-state index contributed by atoms with van der Waals surface area (Å²) in [5.41, 5.74) is 3.66. The Kier molecular flexibility index (Phi) is 3.57. The number of alkyl halides is 1. The summed E-state index contributed by atoms with van der Waals surface area (Å²) in [7, 11) is 0. The van der Waals surface area contributed by atoms with Crippen LogP contribution in [-0.2, 0) is 11.2 Å². The maximum absolute atomic E-state index is 11.9. The van der Waals surface area contributed by atoms with Gasteiger partial charge in [0.15, 0.2) is 0 Å². The van der Waals surface area contributed by atoms with E-state index in [1.807, 2.05) is 6.07 Å². The van der Waals surface area contributed by atoms with Crippen LogP contribution in [0.5, 0.6) is 0 Å². The Labute approximate surface area is 111 Å². The van der Waals surface area contributed by atoms with E-state index in [2.05, 4.69) is 47.2 Å². The lowest BCUT2D eigenvalue weighted by Crippen LogP contribution is -2.38. The second kappa shape index (κ2) is 4.81. The summed E-state index contributed by atoms with van der Waals surface area (Å²) in [5, 5.41) is 3.97. The van der Waals surface area contributed by atoms with E-state index in [1.54, 1.807) is 0 Å². The average Bonchev–Trinajstić information content (AvgIpc) is 3.04. The van der Waals surface area contributed by atoms with Crippen molar-refractivity contribution in [3.05, 3.63) is 34.9 Å². The van der Waals surface area contributed by atoms with Gasteiger partial charge in [-0.1, -0.05) is 34.1 Å². The highest BCUT2D eigenvalue weighted by Gasteiger charge is 2.42. The van der Waals surface area contributed by atoms with Gasteiger partial charge in [-0.25, -0.2) is 0 Å². The minimum absolute atomic E-state index is 0.0524. The van der Waals surface area contributed by atoms with E-state index in [4.69, 9.17) is 0 Å². The molecular weight excluding hydrogens is 278 g/mol. The van der Waals surface area contributed by atoms with Gasteiger partial charge in [-0.3, -0.25) is 4.79 Å². The third kappa shape index (κ3) is 3.09. The number of halogens is 1. The Morgan fingerprint density at radius 3 is 2.59 bits per heavy atom. The van der Waals surface area contributed by atoms with Gasteiger partial charge in [0.05, 0.1) is 6.42 Å². The number of carbonyl (C=O) groups is 1. The molecule has 0 bridgehead atoms. The van der Waals surface area contributed by atoms with Gasteiger partial charge in [0.25, 0.3) is 0 Å². The highest BCUT2D eigenvalue weighted by atomic mass is 79.9. The molecule has 0 aromatic heterocycles. The van der Waals surface area contributed by atoms with E-state index >= 15 is 0 Å². The molecule has 92 valence electrons. The first-order valence-electron chi connectivity index (χ1n) is 5.98. The van der Waals surface area contributed by atoms with E-state index in [9.17, 15) is 4.79 Å². The van der Waals surface area contributed by atoms with Crippen molar-refractivity contribution in [1.82, 2.24) is 5.32 Å². The zero-order valence-corrected chi connectivity index (χ0v) is 11.9. The molecule has 1 aliphatic rings. The summed E-state index contributed by atoms with van der Waals surface area (Å²) in [6.45, 7) is 4.17. The van der Waals surface area contributed by atoms with Crippen LogP contribution >= 0.6 is 15.9 Å². The first-order chi connectivity index (χ1) is 8.04. The van der Waals surface area contributed by atoms with Gasteiger partial charge >= 0.3 is 0 Å². The summed E-state index contributed by atoms with van der Waals surface area (Å²) >= 11 is 3.45. The topological polar surface area (TPSA) is 29.1 Å². The molecule has 0 saturated heterocycles. The van der Waals surface area contributed by atoms with Crippen molar-refractivity contribution in [3.8, 4) is 0 Å². The second-order valence-corrected chi connectivity index (χ2v) is 5.62. The first-order valence-corrected chi connectivity index (χ1v) is 7.10. The zero-order valence-electron chi connectivity index (χ0n) is 10.3. The fourth-order valence-electron chi connectivity index (χ4n) is 1.88. The highest BCUT2D eigenvalue weighted by Crippen LogP contribution is 2.36. The molecule has 1 N–H and O–H groups in total. The number of nitrogens with one attached hydrogen (secondary N) is 1. The van der Waals surface area contributed by atoms with Crippen LogP contribution in [0, 0.1) is 13.8 Å². The molecule has 3 heteroatoms. The first kappa shape index (κ1) is 12.6. The van der Waals surface area contributed by atoms with Crippen molar-refractivity contribution >= 4 is 21.8 Å². The number of rotatable bonds is 4. The smallest absolute Gasteiger partial charge is 0.224 e. The number of amides is 1. The molecule has 1 aromatic carbocycles. The predicted octanol–water partition coefficient (Wildman–Crippen LogP) is 2.89. The van der Waals surface area contributed by atoms with E-state index in [-0.39, 0.29) is 11.4 Å². The molecule has 0 unspecified atom stereocenters. The van der Waals surface area contributed by atoms with Gasteiger partial charge in [-0.2, -0.15) is 0 Å². The Balaban J connectivity index is 1.96. The van der Waals surface area contributed by atoms with E-state index in [0.717, 1.165) is 23.7 Å². The van der Waals surface area contributed by atoms with Crippen molar-refractivity contribution in [2.75, 3.05) is 5.33 Å². The molecule has 0 aliphatic heterocycles. The van der Waals surface area contributed by atoms with Crippen LogP contribution in [0.1, 0.15) is 29.5 Å². The minimum Gasteiger partial charge on any atom is -0.350 e. The lowest BCUT2D eigenvalue weighted by Gasteiger charge is -2.14. The van der Waals surface area contributed by atoms with Crippen LogP contribution in [0.25, 0.3) is 0 Å². The van der Waals surface area contributed by atoms with Crippen LogP contribution < -0.4 is 5.32 Å². The fraction of sp³-hybridized carbons (Fsp3) is 0.500. The van der Waals surface area contributed by atoms with Crippen LogP contribution in [0.4, 0.5) is 0 Å². The molecule has 1 aromatic rings. The van der Waals surface area contributed by atoms with Crippen LogP contribution in [0.15, 0.2) is 18.2 Å². The summed E-state index contributed by atoms with van der Waals surface area (Å²) in [6.07, 6.45) is 2.67. The van der Waals surface area contributed by atoms with Crippen molar-refractivity contribution in [2.24, 2.45) is 0 Å². The molecule has 2 nitrogen and oxygen atoms in total. The molecule has 0 radical (unpaired) electrons. The number of hydrogen-bond acceptors (Lipinski definition) is 1. The van der Waals surface area contributed by atoms with Gasteiger partial charge in [-0.15, -0.1) is 0 Å². The van der Waals surface area contributed by atoms with Crippen molar-refractivity contribution in [2.45, 2.75) is 38.6 Å². The van der Waals surface area contributed by atoms with Gasteiger partial charge < -0.3 is 5.32 Å². The zero-order chi connectivity index (χ0) is 12.5. The lowest BCUT2D eigenvalue weighted by atomic mass is 10.0. The number of carbonyl (C=O) groups excluding carboxylic acids is 1. The molecule has 0 spiro atoms. The summed E-state index contributed by atoms with van der Waals surface area (Å²) in [4.78, 5) is 11.9. The van der Waals surface area contributed by atoms with E-state index in [1.165, 1.54) is 11.1 Å².